The molecule has 1 aliphatic rings. The summed E-state index contributed by atoms with van der Waals surface area (Å²) in [5.74, 6) is 0.401. The molecule has 0 amide bonds. The van der Waals surface area contributed by atoms with Crippen LogP contribution in [0.15, 0.2) is 12.1 Å². The van der Waals surface area contributed by atoms with Crippen molar-refractivity contribution in [2.45, 2.75) is 59.0 Å². The number of nitrogens with one attached hydrogen (secondary N) is 1. The van der Waals surface area contributed by atoms with Crippen molar-refractivity contribution in [3.05, 3.63) is 28.5 Å². The van der Waals surface area contributed by atoms with Crippen molar-refractivity contribution < 1.29 is 4.85 Å². The van der Waals surface area contributed by atoms with Crippen LogP contribution < -0.4 is 10.2 Å². The fraction of sp³-hybridized carbons (Fsp3) is 0.611. The molecule has 130 valence electrons. The maximum absolute atomic E-state index is 12.1. The van der Waals surface area contributed by atoms with Gasteiger partial charge in [-0.2, -0.15) is 0 Å². The Balaban J connectivity index is 1.70. The third-order valence-electron chi connectivity index (χ3n) is 5.24. The third kappa shape index (κ3) is 3.43. The van der Waals surface area contributed by atoms with E-state index in [9.17, 15) is 5.21 Å². The zero-order valence-electron chi connectivity index (χ0n) is 15.0. The van der Waals surface area contributed by atoms with E-state index in [-0.39, 0.29) is 0 Å². The quantitative estimate of drug-likeness (QED) is 0.690. The Kier molecular flexibility index (Phi) is 4.85. The Hall–Kier alpha value is -1.95. The monoisotopic (exact) mass is 329 g/mol. The molecule has 0 bridgehead atoms. The minimum atomic E-state index is 0.401. The molecule has 1 saturated heterocycles. The number of hydrogen-bond donors (Lipinski definition) is 1. The molecular weight excluding hydrogens is 302 g/mol. The Morgan fingerprint density at radius 3 is 2.58 bits per heavy atom. The summed E-state index contributed by atoms with van der Waals surface area (Å²) in [6.45, 7) is 10.3. The first kappa shape index (κ1) is 16.9. The predicted molar refractivity (Wildman–Crippen MR) is 95.9 cm³/mol. The molecule has 3 rings (SSSR count). The standard InChI is InChI=1S/C18H27N5O/c1-12-10-16-17(11-13(12)2)23(24)21-18(20-16)19-8-9-22-14(3)6-5-7-15(22)4/h10-11,14-15H,5-9H2,1-4H3,(H,19,20,21). The van der Waals surface area contributed by atoms with Crippen LogP contribution in [0.25, 0.3) is 11.0 Å². The molecule has 2 unspecified atom stereocenters. The number of hydrogen-bond acceptors (Lipinski definition) is 5. The maximum Gasteiger partial charge on any atom is 0.290 e. The average molecular weight is 329 g/mol. The van der Waals surface area contributed by atoms with Crippen LogP contribution in [0.3, 0.4) is 0 Å². The Morgan fingerprint density at radius 2 is 1.88 bits per heavy atom. The molecule has 0 saturated carbocycles. The molecule has 6 heteroatoms. The number of fused-ring (bicyclic) bond motifs is 1. The molecule has 1 fully saturated rings. The van der Waals surface area contributed by atoms with Crippen molar-refractivity contribution in [2.24, 2.45) is 0 Å². The summed E-state index contributed by atoms with van der Waals surface area (Å²) in [5.41, 5.74) is 3.40. The van der Waals surface area contributed by atoms with Crippen LogP contribution in [-0.4, -0.2) is 40.2 Å². The molecule has 1 N–H and O–H groups in total. The highest BCUT2D eigenvalue weighted by Crippen LogP contribution is 2.22. The number of piperidine rings is 1. The van der Waals surface area contributed by atoms with E-state index >= 15 is 0 Å². The van der Waals surface area contributed by atoms with Gasteiger partial charge in [0, 0.05) is 31.2 Å². The smallest absolute Gasteiger partial charge is 0.290 e. The molecule has 24 heavy (non-hydrogen) atoms. The molecule has 0 spiro atoms. The van der Waals surface area contributed by atoms with E-state index in [2.05, 4.69) is 34.1 Å². The average Bonchev–Trinajstić information content (AvgIpc) is 2.52. The second kappa shape index (κ2) is 6.89. The summed E-state index contributed by atoms with van der Waals surface area (Å²) in [6.07, 6.45) is 3.83. The Bertz CT molecular complexity index is 723. The first-order valence-corrected chi connectivity index (χ1v) is 8.84. The van der Waals surface area contributed by atoms with Crippen molar-refractivity contribution in [3.63, 3.8) is 0 Å². The fourth-order valence-corrected chi connectivity index (χ4v) is 3.59. The van der Waals surface area contributed by atoms with Gasteiger partial charge in [-0.15, -0.1) is 0 Å². The number of anilines is 1. The van der Waals surface area contributed by atoms with Gasteiger partial charge in [-0.25, -0.2) is 4.98 Å². The highest BCUT2D eigenvalue weighted by atomic mass is 16.5. The number of aromatic nitrogens is 3. The lowest BCUT2D eigenvalue weighted by Gasteiger charge is -2.38. The molecule has 2 atom stereocenters. The zero-order chi connectivity index (χ0) is 17.3. The van der Waals surface area contributed by atoms with Crippen LogP contribution in [0.5, 0.6) is 0 Å². The highest BCUT2D eigenvalue weighted by Gasteiger charge is 2.24. The minimum absolute atomic E-state index is 0.401. The lowest BCUT2D eigenvalue weighted by Crippen LogP contribution is -2.46. The van der Waals surface area contributed by atoms with E-state index in [0.717, 1.165) is 24.2 Å². The van der Waals surface area contributed by atoms with Gasteiger partial charge in [-0.3, -0.25) is 4.90 Å². The normalized spacial score (nSPS) is 22.0. The summed E-state index contributed by atoms with van der Waals surface area (Å²) >= 11 is 0. The Morgan fingerprint density at radius 1 is 1.21 bits per heavy atom. The summed E-state index contributed by atoms with van der Waals surface area (Å²) in [4.78, 5) is 7.69. The molecule has 2 heterocycles. The van der Waals surface area contributed by atoms with Crippen molar-refractivity contribution in [2.75, 3.05) is 18.4 Å². The molecule has 1 aromatic carbocycles. The first-order valence-electron chi connectivity index (χ1n) is 8.84. The number of aryl methyl sites for hydroxylation is 2. The van der Waals surface area contributed by atoms with E-state index in [4.69, 9.17) is 0 Å². The van der Waals surface area contributed by atoms with Gasteiger partial charge in [0.05, 0.1) is 5.10 Å². The van der Waals surface area contributed by atoms with E-state index < -0.39 is 0 Å². The van der Waals surface area contributed by atoms with Gasteiger partial charge in [0.2, 0.25) is 0 Å². The van der Waals surface area contributed by atoms with Crippen molar-refractivity contribution in [1.29, 1.82) is 0 Å². The first-order chi connectivity index (χ1) is 11.5. The summed E-state index contributed by atoms with van der Waals surface area (Å²) < 4.78 is 0. The van der Waals surface area contributed by atoms with Crippen molar-refractivity contribution in [3.8, 4) is 0 Å². The molecule has 1 aromatic heterocycles. The minimum Gasteiger partial charge on any atom is -0.594 e. The lowest BCUT2D eigenvalue weighted by atomic mass is 9.98. The van der Waals surface area contributed by atoms with E-state index in [1.54, 1.807) is 0 Å². The molecule has 6 nitrogen and oxygen atoms in total. The number of benzene rings is 1. The van der Waals surface area contributed by atoms with Crippen LogP contribution >= 0.6 is 0 Å². The lowest BCUT2D eigenvalue weighted by molar-refractivity contribution is -0.641. The van der Waals surface area contributed by atoms with Gasteiger partial charge < -0.3 is 10.5 Å². The second-order valence-corrected chi connectivity index (χ2v) is 7.03. The van der Waals surface area contributed by atoms with Crippen LogP contribution in [0.2, 0.25) is 0 Å². The number of likely N-dealkylation sites (tertiary alicyclic amines) is 1. The van der Waals surface area contributed by atoms with E-state index in [0.29, 0.717) is 33.9 Å². The van der Waals surface area contributed by atoms with Gasteiger partial charge >= 0.3 is 0 Å². The second-order valence-electron chi connectivity index (χ2n) is 7.03. The van der Waals surface area contributed by atoms with Gasteiger partial charge in [0.15, 0.2) is 0 Å². The van der Waals surface area contributed by atoms with E-state index in [1.165, 1.54) is 19.3 Å². The van der Waals surface area contributed by atoms with Crippen molar-refractivity contribution in [1.82, 2.24) is 15.0 Å². The van der Waals surface area contributed by atoms with Crippen LogP contribution in [-0.2, 0) is 0 Å². The molecule has 0 radical (unpaired) electrons. The van der Waals surface area contributed by atoms with Crippen LogP contribution in [0.1, 0.15) is 44.2 Å². The van der Waals surface area contributed by atoms with Crippen LogP contribution in [0, 0.1) is 19.1 Å². The summed E-state index contributed by atoms with van der Waals surface area (Å²) in [6, 6.07) is 5.02. The fourth-order valence-electron chi connectivity index (χ4n) is 3.59. The van der Waals surface area contributed by atoms with Gasteiger partial charge in [-0.1, -0.05) is 6.42 Å². The van der Waals surface area contributed by atoms with Gasteiger partial charge in [0.1, 0.15) is 5.52 Å². The highest BCUT2D eigenvalue weighted by molar-refractivity contribution is 5.73. The zero-order valence-corrected chi connectivity index (χ0v) is 15.0. The predicted octanol–water partition coefficient (Wildman–Crippen LogP) is 2.55. The largest absolute Gasteiger partial charge is 0.594 e. The molecular formula is C18H27N5O. The molecule has 2 aromatic rings. The molecule has 1 aliphatic heterocycles. The number of rotatable bonds is 4. The number of nitrogens with zero attached hydrogens (tertiary/aromatic N) is 4. The van der Waals surface area contributed by atoms with Crippen LogP contribution in [0.4, 0.5) is 5.95 Å². The third-order valence-corrected chi connectivity index (χ3v) is 5.24. The maximum atomic E-state index is 12.1. The molecule has 0 aliphatic carbocycles. The summed E-state index contributed by atoms with van der Waals surface area (Å²) in [5, 5.41) is 19.4. The Labute approximate surface area is 143 Å². The van der Waals surface area contributed by atoms with Gasteiger partial charge in [-0.05, 0) is 62.6 Å². The van der Waals surface area contributed by atoms with Gasteiger partial charge in [0.25, 0.3) is 11.5 Å². The summed E-state index contributed by atoms with van der Waals surface area (Å²) in [7, 11) is 0. The SMILES string of the molecule is Cc1cc2nc(NCCN3C(C)CCCC3C)n[n+]([O-])c2cc1C. The van der Waals surface area contributed by atoms with Crippen molar-refractivity contribution >= 4 is 17.0 Å². The van der Waals surface area contributed by atoms with E-state index in [1.807, 2.05) is 26.0 Å². The topological polar surface area (TPSA) is 68.0 Å².